The van der Waals surface area contributed by atoms with Gasteiger partial charge >= 0.3 is 8.25 Å². The van der Waals surface area contributed by atoms with Gasteiger partial charge < -0.3 is 9.05 Å². The predicted octanol–water partition coefficient (Wildman–Crippen LogP) is 4.99. The van der Waals surface area contributed by atoms with Crippen LogP contribution in [0, 0.1) is 0 Å². The first-order valence-electron chi connectivity index (χ1n) is 9.23. The van der Waals surface area contributed by atoms with Crippen LogP contribution in [0.25, 0.3) is 21.5 Å². The Bertz CT molecular complexity index is 1030. The number of benzene rings is 2. The Kier molecular flexibility index (Phi) is 6.07. The van der Waals surface area contributed by atoms with Gasteiger partial charge in [-0.05, 0) is 59.0 Å². The summed E-state index contributed by atoms with van der Waals surface area (Å²) < 4.78 is 22.7. The molecule has 2 heterocycles. The molecule has 4 rings (SSSR count). The molecule has 0 radical (unpaired) electrons. The third-order valence-electron chi connectivity index (χ3n) is 4.63. The Morgan fingerprint density at radius 3 is 1.68 bits per heavy atom. The number of pyridine rings is 2. The lowest BCUT2D eigenvalue weighted by molar-refractivity contribution is 0.229. The molecule has 0 fully saturated rings. The predicted molar refractivity (Wildman–Crippen MR) is 112 cm³/mol. The van der Waals surface area contributed by atoms with Gasteiger partial charge in [0.05, 0.1) is 13.2 Å². The highest BCUT2D eigenvalue weighted by Gasteiger charge is 2.03. The van der Waals surface area contributed by atoms with Gasteiger partial charge in [0, 0.05) is 35.6 Å². The van der Waals surface area contributed by atoms with Gasteiger partial charge in [0.15, 0.2) is 0 Å². The van der Waals surface area contributed by atoms with Crippen LogP contribution in [-0.2, 0) is 26.5 Å². The zero-order valence-electron chi connectivity index (χ0n) is 15.4. The summed E-state index contributed by atoms with van der Waals surface area (Å²) in [6, 6.07) is 16.4. The minimum atomic E-state index is -2.49. The van der Waals surface area contributed by atoms with E-state index < -0.39 is 8.25 Å². The summed E-state index contributed by atoms with van der Waals surface area (Å²) in [5.74, 6) is 0. The molecule has 2 aromatic heterocycles. The fourth-order valence-corrected chi connectivity index (χ4v) is 3.75. The molecule has 0 saturated heterocycles. The summed E-state index contributed by atoms with van der Waals surface area (Å²) in [4.78, 5) is 8.28. The van der Waals surface area contributed by atoms with Gasteiger partial charge in [0.2, 0.25) is 0 Å². The zero-order valence-corrected chi connectivity index (χ0v) is 16.4. The van der Waals surface area contributed by atoms with Gasteiger partial charge in [-0.2, -0.15) is 0 Å². The second-order valence-electron chi connectivity index (χ2n) is 6.56. The molecule has 0 saturated carbocycles. The van der Waals surface area contributed by atoms with Crippen molar-refractivity contribution in [2.45, 2.75) is 12.8 Å². The Morgan fingerprint density at radius 1 is 0.679 bits per heavy atom. The maximum Gasteiger partial charge on any atom is 0.319 e. The third kappa shape index (κ3) is 4.82. The van der Waals surface area contributed by atoms with Crippen LogP contribution in [-0.4, -0.2) is 23.2 Å². The number of hydrogen-bond donors (Lipinski definition) is 0. The molecule has 142 valence electrons. The normalized spacial score (nSPS) is 11.5. The van der Waals surface area contributed by atoms with E-state index in [1.165, 1.54) is 0 Å². The largest absolute Gasteiger partial charge is 0.319 e. The topological polar surface area (TPSA) is 61.3 Å². The van der Waals surface area contributed by atoms with Crippen molar-refractivity contribution in [1.82, 2.24) is 9.97 Å². The maximum atomic E-state index is 12.0. The van der Waals surface area contributed by atoms with E-state index in [-0.39, 0.29) is 0 Å². The van der Waals surface area contributed by atoms with E-state index in [9.17, 15) is 4.57 Å². The van der Waals surface area contributed by atoms with E-state index >= 15 is 0 Å². The first-order chi connectivity index (χ1) is 13.8. The summed E-state index contributed by atoms with van der Waals surface area (Å²) >= 11 is 0. The maximum absolute atomic E-state index is 12.0. The van der Waals surface area contributed by atoms with Crippen molar-refractivity contribution < 1.29 is 13.6 Å². The summed E-state index contributed by atoms with van der Waals surface area (Å²) in [6.45, 7) is 0.733. The number of nitrogens with zero attached hydrogens (tertiary/aromatic N) is 2. The average molecular weight is 392 g/mol. The van der Waals surface area contributed by atoms with E-state index in [0.29, 0.717) is 26.1 Å². The van der Waals surface area contributed by atoms with Crippen LogP contribution in [0.2, 0.25) is 0 Å². The molecule has 0 aliphatic carbocycles. The molecule has 0 aliphatic heterocycles. The fraction of sp³-hybridized carbons (Fsp3) is 0.182. The smallest absolute Gasteiger partial charge is 0.310 e. The van der Waals surface area contributed by atoms with Crippen LogP contribution in [0.15, 0.2) is 73.3 Å². The van der Waals surface area contributed by atoms with Gasteiger partial charge in [0.1, 0.15) is 0 Å². The highest BCUT2D eigenvalue weighted by Crippen LogP contribution is 2.25. The highest BCUT2D eigenvalue weighted by molar-refractivity contribution is 7.33. The quantitative estimate of drug-likeness (QED) is 0.395. The first-order valence-corrected chi connectivity index (χ1v) is 10.5. The molecule has 0 aliphatic rings. The molecule has 6 heteroatoms. The van der Waals surface area contributed by atoms with Crippen LogP contribution in [0.1, 0.15) is 11.1 Å². The van der Waals surface area contributed by atoms with Crippen LogP contribution >= 0.6 is 8.25 Å². The van der Waals surface area contributed by atoms with E-state index in [1.54, 1.807) is 12.4 Å². The lowest BCUT2D eigenvalue weighted by Crippen LogP contribution is -1.97. The average Bonchev–Trinajstić information content (AvgIpc) is 2.73. The molecule has 4 aromatic rings. The molecule has 5 nitrogen and oxygen atoms in total. The second kappa shape index (κ2) is 9.07. The molecule has 0 spiro atoms. The van der Waals surface area contributed by atoms with Crippen molar-refractivity contribution in [1.29, 1.82) is 0 Å². The summed E-state index contributed by atoms with van der Waals surface area (Å²) in [5.41, 5.74) is 2.25. The summed E-state index contributed by atoms with van der Waals surface area (Å²) in [6.07, 6.45) is 8.61. The minimum Gasteiger partial charge on any atom is -0.310 e. The van der Waals surface area contributed by atoms with Crippen molar-refractivity contribution in [3.05, 3.63) is 84.4 Å². The molecule has 2 aromatic carbocycles. The lowest BCUT2D eigenvalue weighted by Gasteiger charge is -2.07. The zero-order chi connectivity index (χ0) is 19.2. The standard InChI is InChI=1S/C22H21N2O3P/c25-28(26-11-7-17-1-3-19-5-9-23-15-21(19)13-17)27-12-8-18-2-4-20-6-10-24-16-22(20)14-18/h1-6,9-10,13-16,28H,7-8,11-12H2. The Balaban J connectivity index is 1.21. The Labute approximate surface area is 164 Å². The molecule has 28 heavy (non-hydrogen) atoms. The molecule has 0 bridgehead atoms. The van der Waals surface area contributed by atoms with Crippen molar-refractivity contribution in [3.63, 3.8) is 0 Å². The van der Waals surface area contributed by atoms with Crippen LogP contribution in [0.5, 0.6) is 0 Å². The van der Waals surface area contributed by atoms with E-state index in [0.717, 1.165) is 32.7 Å². The Morgan fingerprint density at radius 2 is 1.18 bits per heavy atom. The molecule has 0 N–H and O–H groups in total. The lowest BCUT2D eigenvalue weighted by atomic mass is 10.1. The molecule has 0 unspecified atom stereocenters. The van der Waals surface area contributed by atoms with E-state index in [4.69, 9.17) is 9.05 Å². The van der Waals surface area contributed by atoms with E-state index in [2.05, 4.69) is 46.4 Å². The fourth-order valence-electron chi connectivity index (χ4n) is 3.13. The molecular weight excluding hydrogens is 371 g/mol. The number of fused-ring (bicyclic) bond motifs is 2. The highest BCUT2D eigenvalue weighted by atomic mass is 31.1. The molecular formula is C22H21N2O3P. The Hall–Kier alpha value is -2.59. The van der Waals surface area contributed by atoms with Gasteiger partial charge in [-0.25, -0.2) is 0 Å². The number of hydrogen-bond acceptors (Lipinski definition) is 5. The van der Waals surface area contributed by atoms with Gasteiger partial charge in [0.25, 0.3) is 0 Å². The third-order valence-corrected chi connectivity index (χ3v) is 5.51. The SMILES string of the molecule is O=[PH](OCCc1ccc2ccncc2c1)OCCc1ccc2ccncc2c1. The second-order valence-corrected chi connectivity index (χ2v) is 7.64. The number of rotatable bonds is 8. The van der Waals surface area contributed by atoms with Crippen molar-refractivity contribution in [2.75, 3.05) is 13.2 Å². The minimum absolute atomic E-state index is 0.366. The van der Waals surface area contributed by atoms with Gasteiger partial charge in [-0.1, -0.05) is 24.3 Å². The van der Waals surface area contributed by atoms with Crippen LogP contribution in [0.3, 0.4) is 0 Å². The molecule has 0 amide bonds. The van der Waals surface area contributed by atoms with E-state index in [1.807, 2.05) is 24.5 Å². The monoisotopic (exact) mass is 392 g/mol. The van der Waals surface area contributed by atoms with Gasteiger partial charge in [-0.3, -0.25) is 14.5 Å². The van der Waals surface area contributed by atoms with Gasteiger partial charge in [-0.15, -0.1) is 0 Å². The van der Waals surface area contributed by atoms with Crippen molar-refractivity contribution >= 4 is 29.8 Å². The van der Waals surface area contributed by atoms with Crippen LogP contribution in [0.4, 0.5) is 0 Å². The first kappa shape index (κ1) is 18.8. The van der Waals surface area contributed by atoms with Crippen LogP contribution < -0.4 is 0 Å². The summed E-state index contributed by atoms with van der Waals surface area (Å²) in [5, 5.41) is 4.49. The van der Waals surface area contributed by atoms with Crippen molar-refractivity contribution in [2.24, 2.45) is 0 Å². The molecule has 0 atom stereocenters. The number of aromatic nitrogens is 2. The van der Waals surface area contributed by atoms with Crippen molar-refractivity contribution in [3.8, 4) is 0 Å². The summed E-state index contributed by atoms with van der Waals surface area (Å²) in [7, 11) is -2.49.